The van der Waals surface area contributed by atoms with E-state index in [-0.39, 0.29) is 32.0 Å². The zero-order valence-corrected chi connectivity index (χ0v) is 39.2. The van der Waals surface area contributed by atoms with Crippen LogP contribution in [0.5, 0.6) is 0 Å². The van der Waals surface area contributed by atoms with Gasteiger partial charge in [-0.25, -0.2) is 0 Å². The Balaban J connectivity index is 4.24. The topological polar surface area (TPSA) is 111 Å². The summed E-state index contributed by atoms with van der Waals surface area (Å²) in [6.07, 6.45) is 41.2. The minimum atomic E-state index is -4.62. The van der Waals surface area contributed by atoms with Crippen molar-refractivity contribution in [2.45, 2.75) is 245 Å². The monoisotopic (exact) mass is 832 g/mol. The third-order valence-electron chi connectivity index (χ3n) is 10.9. The predicted molar refractivity (Wildman–Crippen MR) is 236 cm³/mol. The molecule has 2 atom stereocenters. The molecular weight excluding hydrogens is 737 g/mol. The van der Waals surface area contributed by atoms with Crippen LogP contribution in [0.3, 0.4) is 0 Å². The maximum atomic E-state index is 12.7. The molecule has 1 unspecified atom stereocenters. The molecule has 0 saturated heterocycles. The SMILES string of the molecule is CCCCCCCCCCCCCCCCCCCCC(=O)OC[C@H](COP(=O)([O-])OCC[N+](C)(C)C)OC(=O)CCCCCCCCCCCCCCCCC. The van der Waals surface area contributed by atoms with Crippen LogP contribution in [0, 0.1) is 0 Å². The number of unbranched alkanes of at least 4 members (excludes halogenated alkanes) is 31. The summed E-state index contributed by atoms with van der Waals surface area (Å²) in [5.74, 6) is -0.816. The lowest BCUT2D eigenvalue weighted by molar-refractivity contribution is -0.870. The summed E-state index contributed by atoms with van der Waals surface area (Å²) in [6.45, 7) is 4.28. The molecule has 0 amide bonds. The van der Waals surface area contributed by atoms with Crippen molar-refractivity contribution in [1.29, 1.82) is 0 Å². The fourth-order valence-corrected chi connectivity index (χ4v) is 7.80. The quantitative estimate of drug-likeness (QED) is 0.0258. The molecule has 0 saturated carbocycles. The minimum absolute atomic E-state index is 0.0255. The standard InChI is InChI=1S/C47H94NO8P/c1-6-8-10-12-14-16-18-20-22-23-24-26-27-29-31-33-35-37-39-46(49)53-43-45(44-55-57(51,52)54-42-41-48(3,4)5)56-47(50)40-38-36-34-32-30-28-25-21-19-17-15-13-11-9-7-2/h45H,6-44H2,1-5H3/t45-/m1/s1. The van der Waals surface area contributed by atoms with Gasteiger partial charge in [0.1, 0.15) is 19.8 Å². The van der Waals surface area contributed by atoms with Gasteiger partial charge in [0.25, 0.3) is 7.82 Å². The van der Waals surface area contributed by atoms with E-state index in [4.69, 9.17) is 18.5 Å². The van der Waals surface area contributed by atoms with Crippen molar-refractivity contribution in [3.05, 3.63) is 0 Å². The molecular formula is C47H94NO8P. The van der Waals surface area contributed by atoms with Gasteiger partial charge in [0.05, 0.1) is 27.7 Å². The summed E-state index contributed by atoms with van der Waals surface area (Å²) in [7, 11) is 1.18. The maximum absolute atomic E-state index is 12.7. The average molecular weight is 832 g/mol. The van der Waals surface area contributed by atoms with Crippen LogP contribution < -0.4 is 4.89 Å². The molecule has 10 heteroatoms. The van der Waals surface area contributed by atoms with Crippen molar-refractivity contribution in [1.82, 2.24) is 0 Å². The van der Waals surface area contributed by atoms with Gasteiger partial charge < -0.3 is 27.9 Å². The van der Waals surface area contributed by atoms with Crippen LogP contribution in [0.15, 0.2) is 0 Å². The van der Waals surface area contributed by atoms with Gasteiger partial charge >= 0.3 is 11.9 Å². The number of hydrogen-bond acceptors (Lipinski definition) is 8. The first-order valence-electron chi connectivity index (χ1n) is 24.2. The molecule has 0 aliphatic heterocycles. The molecule has 0 N–H and O–H groups in total. The number of rotatable bonds is 45. The van der Waals surface area contributed by atoms with Crippen molar-refractivity contribution in [3.63, 3.8) is 0 Å². The van der Waals surface area contributed by atoms with Crippen molar-refractivity contribution in [2.24, 2.45) is 0 Å². The van der Waals surface area contributed by atoms with Crippen molar-refractivity contribution >= 4 is 19.8 Å². The van der Waals surface area contributed by atoms with Gasteiger partial charge in [0.15, 0.2) is 6.10 Å². The first-order valence-corrected chi connectivity index (χ1v) is 25.7. The summed E-state index contributed by atoms with van der Waals surface area (Å²) in [6, 6.07) is 0. The Morgan fingerprint density at radius 1 is 0.474 bits per heavy atom. The molecule has 0 aliphatic carbocycles. The first kappa shape index (κ1) is 56.0. The van der Waals surface area contributed by atoms with Gasteiger partial charge in [0.2, 0.25) is 0 Å². The lowest BCUT2D eigenvalue weighted by Crippen LogP contribution is -2.37. The molecule has 0 aromatic rings. The molecule has 0 radical (unpaired) electrons. The molecule has 0 heterocycles. The van der Waals surface area contributed by atoms with Gasteiger partial charge in [-0.05, 0) is 12.8 Å². The number of nitrogens with zero attached hydrogens (tertiary/aromatic N) is 1. The predicted octanol–water partition coefficient (Wildman–Crippen LogP) is 13.3. The fraction of sp³-hybridized carbons (Fsp3) is 0.957. The summed E-state index contributed by atoms with van der Waals surface area (Å²) < 4.78 is 34.0. The number of phosphoric ester groups is 1. The molecule has 0 aliphatic rings. The van der Waals surface area contributed by atoms with Crippen LogP contribution >= 0.6 is 7.82 Å². The van der Waals surface area contributed by atoms with Gasteiger partial charge in [-0.1, -0.05) is 213 Å². The second-order valence-corrected chi connectivity index (χ2v) is 19.3. The largest absolute Gasteiger partial charge is 0.756 e. The highest BCUT2D eigenvalue weighted by Gasteiger charge is 2.21. The summed E-state index contributed by atoms with van der Waals surface area (Å²) in [4.78, 5) is 37.6. The number of carbonyl (C=O) groups excluding carboxylic acids is 2. The summed E-state index contributed by atoms with van der Waals surface area (Å²) in [5, 5.41) is 0. The Hall–Kier alpha value is -0.990. The minimum Gasteiger partial charge on any atom is -0.756 e. The number of quaternary nitrogens is 1. The van der Waals surface area contributed by atoms with Gasteiger partial charge in [0, 0.05) is 12.8 Å². The van der Waals surface area contributed by atoms with E-state index in [0.29, 0.717) is 17.4 Å². The Morgan fingerprint density at radius 3 is 1.12 bits per heavy atom. The Bertz CT molecular complexity index is 943. The van der Waals surface area contributed by atoms with Gasteiger partial charge in [-0.3, -0.25) is 14.2 Å². The number of hydrogen-bond donors (Lipinski definition) is 0. The average Bonchev–Trinajstić information content (AvgIpc) is 3.16. The maximum Gasteiger partial charge on any atom is 0.306 e. The smallest absolute Gasteiger partial charge is 0.306 e. The number of likely N-dealkylation sites (N-methyl/N-ethyl adjacent to an activating group) is 1. The van der Waals surface area contributed by atoms with E-state index in [2.05, 4.69) is 13.8 Å². The molecule has 0 spiro atoms. The van der Waals surface area contributed by atoms with E-state index in [0.717, 1.165) is 32.1 Å². The highest BCUT2D eigenvalue weighted by Crippen LogP contribution is 2.38. The van der Waals surface area contributed by atoms with Gasteiger partial charge in [-0.2, -0.15) is 0 Å². The van der Waals surface area contributed by atoms with E-state index in [9.17, 15) is 19.0 Å². The summed E-state index contributed by atoms with van der Waals surface area (Å²) >= 11 is 0. The van der Waals surface area contributed by atoms with Crippen LogP contribution in [0.2, 0.25) is 0 Å². The fourth-order valence-electron chi connectivity index (χ4n) is 7.07. The third-order valence-corrected chi connectivity index (χ3v) is 11.8. The Morgan fingerprint density at radius 2 is 0.789 bits per heavy atom. The lowest BCUT2D eigenvalue weighted by atomic mass is 10.0. The van der Waals surface area contributed by atoms with E-state index in [1.54, 1.807) is 0 Å². The molecule has 0 rings (SSSR count). The zero-order chi connectivity index (χ0) is 42.1. The van der Waals surface area contributed by atoms with Gasteiger partial charge in [-0.15, -0.1) is 0 Å². The van der Waals surface area contributed by atoms with Crippen LogP contribution in [0.4, 0.5) is 0 Å². The highest BCUT2D eigenvalue weighted by molar-refractivity contribution is 7.45. The number of carbonyl (C=O) groups is 2. The van der Waals surface area contributed by atoms with E-state index in [1.807, 2.05) is 21.1 Å². The highest BCUT2D eigenvalue weighted by atomic mass is 31.2. The first-order chi connectivity index (χ1) is 27.5. The van der Waals surface area contributed by atoms with Crippen molar-refractivity contribution < 1.29 is 42.1 Å². The van der Waals surface area contributed by atoms with E-state index < -0.39 is 26.5 Å². The van der Waals surface area contributed by atoms with Crippen LogP contribution in [-0.2, 0) is 32.7 Å². The Labute approximate surface area is 353 Å². The van der Waals surface area contributed by atoms with Crippen molar-refractivity contribution in [2.75, 3.05) is 47.5 Å². The van der Waals surface area contributed by atoms with Crippen LogP contribution in [-0.4, -0.2) is 70.0 Å². The normalized spacial score (nSPS) is 13.4. The van der Waals surface area contributed by atoms with Crippen LogP contribution in [0.1, 0.15) is 239 Å². The number of esters is 2. The number of phosphoric acid groups is 1. The third kappa shape index (κ3) is 44.4. The van der Waals surface area contributed by atoms with E-state index in [1.165, 1.54) is 173 Å². The molecule has 9 nitrogen and oxygen atoms in total. The van der Waals surface area contributed by atoms with Crippen LogP contribution in [0.25, 0.3) is 0 Å². The zero-order valence-electron chi connectivity index (χ0n) is 38.3. The second-order valence-electron chi connectivity index (χ2n) is 17.8. The molecule has 0 aromatic heterocycles. The molecule has 340 valence electrons. The lowest BCUT2D eigenvalue weighted by Gasteiger charge is -2.28. The number of ether oxygens (including phenoxy) is 2. The molecule has 57 heavy (non-hydrogen) atoms. The molecule has 0 bridgehead atoms. The second kappa shape index (κ2) is 40.4. The Kier molecular flexibility index (Phi) is 39.7. The molecule has 0 aromatic carbocycles. The van der Waals surface area contributed by atoms with Crippen molar-refractivity contribution in [3.8, 4) is 0 Å². The van der Waals surface area contributed by atoms with E-state index >= 15 is 0 Å². The molecule has 0 fully saturated rings. The summed E-state index contributed by atoms with van der Waals surface area (Å²) in [5.41, 5.74) is 0.